The smallest absolute Gasteiger partial charge is 0.259 e. The van der Waals surface area contributed by atoms with Gasteiger partial charge in [-0.05, 0) is 6.92 Å². The lowest BCUT2D eigenvalue weighted by Crippen LogP contribution is -2.39. The van der Waals surface area contributed by atoms with E-state index in [1.165, 1.54) is 12.5 Å². The third kappa shape index (κ3) is 2.82. The van der Waals surface area contributed by atoms with Gasteiger partial charge in [-0.1, -0.05) is 5.21 Å². The molecular formula is C11H16N6O3S. The van der Waals surface area contributed by atoms with Crippen molar-refractivity contribution in [2.45, 2.75) is 31.2 Å². The van der Waals surface area contributed by atoms with Crippen LogP contribution in [-0.2, 0) is 35.0 Å². The molecule has 2 aromatic heterocycles. The first-order valence-corrected chi connectivity index (χ1v) is 7.92. The molecule has 0 fully saturated rings. The van der Waals surface area contributed by atoms with Gasteiger partial charge in [-0.25, -0.2) is 22.8 Å². The van der Waals surface area contributed by atoms with E-state index in [0.717, 1.165) is 11.4 Å². The number of rotatable bonds is 4. The quantitative estimate of drug-likeness (QED) is 0.792. The van der Waals surface area contributed by atoms with Gasteiger partial charge in [0.1, 0.15) is 0 Å². The molecule has 0 saturated heterocycles. The van der Waals surface area contributed by atoms with Crippen molar-refractivity contribution >= 4 is 10.0 Å². The zero-order valence-corrected chi connectivity index (χ0v) is 12.5. The van der Waals surface area contributed by atoms with Crippen LogP contribution in [0.3, 0.4) is 0 Å². The number of ether oxygens (including phenoxy) is 1. The SMILES string of the molecule is Cc1nnn2c1COC(CNS(=O)(=O)c1cn(C)cn1)C2. The van der Waals surface area contributed by atoms with Gasteiger partial charge in [-0.2, -0.15) is 0 Å². The molecule has 0 radical (unpaired) electrons. The summed E-state index contributed by atoms with van der Waals surface area (Å²) in [6, 6.07) is 0. The normalized spacial score (nSPS) is 18.7. The predicted octanol–water partition coefficient (Wildman–Crippen LogP) is -0.803. The lowest BCUT2D eigenvalue weighted by Gasteiger charge is -2.23. The van der Waals surface area contributed by atoms with Crippen molar-refractivity contribution in [3.8, 4) is 0 Å². The Hall–Kier alpha value is -1.78. The molecule has 3 rings (SSSR count). The molecule has 1 atom stereocenters. The Morgan fingerprint density at radius 1 is 1.52 bits per heavy atom. The topological polar surface area (TPSA) is 104 Å². The number of sulfonamides is 1. The molecule has 1 aliphatic rings. The average molecular weight is 312 g/mol. The van der Waals surface area contributed by atoms with E-state index in [2.05, 4.69) is 20.0 Å². The summed E-state index contributed by atoms with van der Waals surface area (Å²) in [4.78, 5) is 3.83. The van der Waals surface area contributed by atoms with Crippen molar-refractivity contribution in [1.29, 1.82) is 0 Å². The van der Waals surface area contributed by atoms with E-state index in [4.69, 9.17) is 4.74 Å². The Morgan fingerprint density at radius 3 is 3.05 bits per heavy atom. The van der Waals surface area contributed by atoms with E-state index in [1.54, 1.807) is 16.3 Å². The summed E-state index contributed by atoms with van der Waals surface area (Å²) in [6.45, 7) is 2.89. The van der Waals surface area contributed by atoms with Crippen molar-refractivity contribution in [2.75, 3.05) is 6.54 Å². The van der Waals surface area contributed by atoms with Crippen LogP contribution in [0.4, 0.5) is 0 Å². The predicted molar refractivity (Wildman–Crippen MR) is 71.7 cm³/mol. The molecule has 0 aliphatic carbocycles. The standard InChI is InChI=1S/C11H16N6O3S/c1-8-10-6-20-9(4-17(10)15-14-8)3-13-21(18,19)11-5-16(2)7-12-11/h5,7,9,13H,3-4,6H2,1-2H3. The summed E-state index contributed by atoms with van der Waals surface area (Å²) in [6.07, 6.45) is 2.61. The molecule has 10 heteroatoms. The van der Waals surface area contributed by atoms with Gasteiger partial charge in [-0.15, -0.1) is 5.10 Å². The van der Waals surface area contributed by atoms with Crippen LogP contribution in [0.25, 0.3) is 0 Å². The Labute approximate surface area is 122 Å². The van der Waals surface area contributed by atoms with Crippen LogP contribution in [0.5, 0.6) is 0 Å². The number of nitrogens with one attached hydrogen (secondary N) is 1. The van der Waals surface area contributed by atoms with Crippen LogP contribution >= 0.6 is 0 Å². The molecule has 0 bridgehead atoms. The molecule has 0 spiro atoms. The van der Waals surface area contributed by atoms with Crippen LogP contribution in [0.2, 0.25) is 0 Å². The Bertz CT molecular complexity index is 750. The number of imidazole rings is 1. The number of hydrogen-bond acceptors (Lipinski definition) is 6. The average Bonchev–Trinajstić information content (AvgIpc) is 3.04. The van der Waals surface area contributed by atoms with Crippen LogP contribution < -0.4 is 4.72 Å². The molecule has 3 heterocycles. The Morgan fingerprint density at radius 2 is 2.33 bits per heavy atom. The maximum absolute atomic E-state index is 12.1. The summed E-state index contributed by atoms with van der Waals surface area (Å²) in [7, 11) is -1.91. The largest absolute Gasteiger partial charge is 0.369 e. The van der Waals surface area contributed by atoms with Crippen LogP contribution in [-0.4, -0.2) is 45.6 Å². The zero-order valence-electron chi connectivity index (χ0n) is 11.7. The first kappa shape index (κ1) is 14.2. The number of hydrogen-bond donors (Lipinski definition) is 1. The molecule has 0 aromatic carbocycles. The fourth-order valence-electron chi connectivity index (χ4n) is 2.12. The van der Waals surface area contributed by atoms with Crippen LogP contribution in [0.15, 0.2) is 17.6 Å². The molecule has 9 nitrogen and oxygen atoms in total. The summed E-state index contributed by atoms with van der Waals surface area (Å²) >= 11 is 0. The Kier molecular flexibility index (Phi) is 3.51. The second kappa shape index (κ2) is 5.20. The van der Waals surface area contributed by atoms with E-state index in [9.17, 15) is 8.42 Å². The van der Waals surface area contributed by atoms with Gasteiger partial charge in [0, 0.05) is 19.8 Å². The number of fused-ring (bicyclic) bond motifs is 1. The maximum Gasteiger partial charge on any atom is 0.259 e. The third-order valence-corrected chi connectivity index (χ3v) is 4.63. The monoisotopic (exact) mass is 312 g/mol. The first-order valence-electron chi connectivity index (χ1n) is 6.44. The van der Waals surface area contributed by atoms with E-state index in [-0.39, 0.29) is 17.7 Å². The Balaban J connectivity index is 1.64. The van der Waals surface area contributed by atoms with Crippen molar-refractivity contribution in [1.82, 2.24) is 29.3 Å². The molecule has 0 saturated carbocycles. The summed E-state index contributed by atoms with van der Waals surface area (Å²) in [5.74, 6) is 0. The summed E-state index contributed by atoms with van der Waals surface area (Å²) in [5, 5.41) is 7.98. The highest BCUT2D eigenvalue weighted by molar-refractivity contribution is 7.89. The van der Waals surface area contributed by atoms with Gasteiger partial charge in [0.15, 0.2) is 5.03 Å². The van der Waals surface area contributed by atoms with Gasteiger partial charge in [0.2, 0.25) is 0 Å². The zero-order chi connectivity index (χ0) is 15.0. The number of nitrogens with zero attached hydrogens (tertiary/aromatic N) is 5. The van der Waals surface area contributed by atoms with Gasteiger partial charge >= 0.3 is 0 Å². The van der Waals surface area contributed by atoms with Gasteiger partial charge < -0.3 is 9.30 Å². The molecular weight excluding hydrogens is 296 g/mol. The van der Waals surface area contributed by atoms with Crippen molar-refractivity contribution in [3.63, 3.8) is 0 Å². The molecule has 114 valence electrons. The highest BCUT2D eigenvalue weighted by Crippen LogP contribution is 2.15. The van der Waals surface area contributed by atoms with Crippen molar-refractivity contribution in [2.24, 2.45) is 7.05 Å². The van der Waals surface area contributed by atoms with Crippen LogP contribution in [0, 0.1) is 6.92 Å². The maximum atomic E-state index is 12.1. The van der Waals surface area contributed by atoms with Crippen molar-refractivity contribution < 1.29 is 13.2 Å². The molecule has 1 aliphatic heterocycles. The van der Waals surface area contributed by atoms with Crippen molar-refractivity contribution in [3.05, 3.63) is 23.9 Å². The highest BCUT2D eigenvalue weighted by atomic mass is 32.2. The van der Waals surface area contributed by atoms with Gasteiger partial charge in [0.05, 0.1) is 37.0 Å². The fourth-order valence-corrected chi connectivity index (χ4v) is 3.16. The second-order valence-corrected chi connectivity index (χ2v) is 6.68. The van der Waals surface area contributed by atoms with E-state index >= 15 is 0 Å². The minimum absolute atomic E-state index is 0.00176. The lowest BCUT2D eigenvalue weighted by molar-refractivity contribution is 0.00374. The fraction of sp³-hybridized carbons (Fsp3) is 0.545. The van der Waals surface area contributed by atoms with Crippen LogP contribution in [0.1, 0.15) is 11.4 Å². The third-order valence-electron chi connectivity index (χ3n) is 3.32. The highest BCUT2D eigenvalue weighted by Gasteiger charge is 2.25. The number of aromatic nitrogens is 5. The van der Waals surface area contributed by atoms with Gasteiger partial charge in [0.25, 0.3) is 10.0 Å². The second-order valence-electron chi connectivity index (χ2n) is 4.97. The summed E-state index contributed by atoms with van der Waals surface area (Å²) < 4.78 is 35.6. The van der Waals surface area contributed by atoms with E-state index in [1.807, 2.05) is 6.92 Å². The molecule has 2 aromatic rings. The minimum atomic E-state index is -3.62. The van der Waals surface area contributed by atoms with Gasteiger partial charge in [-0.3, -0.25) is 0 Å². The molecule has 21 heavy (non-hydrogen) atoms. The summed E-state index contributed by atoms with van der Waals surface area (Å²) in [5.41, 5.74) is 1.77. The number of aryl methyl sites for hydroxylation is 2. The van der Waals surface area contributed by atoms with E-state index < -0.39 is 10.0 Å². The lowest BCUT2D eigenvalue weighted by atomic mass is 10.2. The first-order chi connectivity index (χ1) is 9.95. The molecule has 1 N–H and O–H groups in total. The molecule has 0 amide bonds. The molecule has 1 unspecified atom stereocenters. The minimum Gasteiger partial charge on any atom is -0.369 e. The van der Waals surface area contributed by atoms with E-state index in [0.29, 0.717) is 13.2 Å².